The van der Waals surface area contributed by atoms with E-state index < -0.39 is 10.0 Å². The normalized spacial score (nSPS) is 13.9. The van der Waals surface area contributed by atoms with Crippen LogP contribution in [0.25, 0.3) is 0 Å². The maximum Gasteiger partial charge on any atom is 0.209 e. The lowest BCUT2D eigenvalue weighted by atomic mass is 9.96. The maximum absolute atomic E-state index is 11.3. The van der Waals surface area contributed by atoms with E-state index in [-0.39, 0.29) is 12.0 Å². The first kappa shape index (κ1) is 14.2. The van der Waals surface area contributed by atoms with Gasteiger partial charge in [0.15, 0.2) is 0 Å². The summed E-state index contributed by atoms with van der Waals surface area (Å²) in [6.45, 7) is 6.12. The van der Waals surface area contributed by atoms with E-state index in [1.165, 1.54) is 11.8 Å². The van der Waals surface area contributed by atoms with E-state index in [0.717, 1.165) is 12.0 Å². The van der Waals surface area contributed by atoms with Crippen LogP contribution in [0.5, 0.6) is 0 Å². The number of sulfonamides is 1. The molecule has 0 fully saturated rings. The average Bonchev–Trinajstić information content (AvgIpc) is 2.25. The third-order valence-electron chi connectivity index (χ3n) is 2.75. The van der Waals surface area contributed by atoms with E-state index >= 15 is 0 Å². The largest absolute Gasteiger partial charge is 0.213 e. The van der Waals surface area contributed by atoms with Crippen molar-refractivity contribution >= 4 is 10.0 Å². The molecule has 0 bridgehead atoms. The number of hydrogen-bond donors (Lipinski definition) is 1. The molecule has 1 N–H and O–H groups in total. The van der Waals surface area contributed by atoms with Crippen LogP contribution >= 0.6 is 0 Å². The summed E-state index contributed by atoms with van der Waals surface area (Å²) < 4.78 is 25.3. The van der Waals surface area contributed by atoms with Crippen LogP contribution in [0.4, 0.5) is 0 Å². The second-order valence-electron chi connectivity index (χ2n) is 4.71. The Morgan fingerprint density at radius 3 is 2.06 bits per heavy atom. The molecular weight excluding hydrogens is 234 g/mol. The predicted octanol–water partition coefficient (Wildman–Crippen LogP) is 2.50. The summed E-state index contributed by atoms with van der Waals surface area (Å²) in [5, 5.41) is 0. The highest BCUT2D eigenvalue weighted by Gasteiger charge is 2.19. The van der Waals surface area contributed by atoms with Crippen molar-refractivity contribution in [3.05, 3.63) is 35.4 Å². The monoisotopic (exact) mass is 255 g/mol. The molecule has 0 saturated carbocycles. The Bertz CT molecular complexity index is 449. The first-order valence-corrected chi connectivity index (χ1v) is 7.78. The molecule has 1 aromatic carbocycles. The highest BCUT2D eigenvalue weighted by molar-refractivity contribution is 7.88. The molecule has 96 valence electrons. The van der Waals surface area contributed by atoms with Crippen LogP contribution in [0.2, 0.25) is 0 Å². The van der Waals surface area contributed by atoms with Gasteiger partial charge in [0, 0.05) is 6.04 Å². The zero-order valence-electron chi connectivity index (χ0n) is 10.9. The fraction of sp³-hybridized carbons (Fsp3) is 0.538. The molecule has 1 rings (SSSR count). The number of hydrogen-bond acceptors (Lipinski definition) is 2. The predicted molar refractivity (Wildman–Crippen MR) is 71.4 cm³/mol. The van der Waals surface area contributed by atoms with E-state index in [1.54, 1.807) is 0 Å². The Morgan fingerprint density at radius 2 is 1.71 bits per heavy atom. The zero-order valence-corrected chi connectivity index (χ0v) is 11.7. The van der Waals surface area contributed by atoms with Gasteiger partial charge >= 0.3 is 0 Å². The van der Waals surface area contributed by atoms with Crippen LogP contribution in [0.15, 0.2) is 24.3 Å². The van der Waals surface area contributed by atoms with Gasteiger partial charge in [-0.15, -0.1) is 0 Å². The maximum atomic E-state index is 11.3. The van der Waals surface area contributed by atoms with Gasteiger partial charge in [-0.2, -0.15) is 0 Å². The SMILES string of the molecule is CCc1ccc(C(NS(C)(=O)=O)C(C)C)cc1. The van der Waals surface area contributed by atoms with E-state index in [0.29, 0.717) is 0 Å². The van der Waals surface area contributed by atoms with Crippen molar-refractivity contribution in [3.63, 3.8) is 0 Å². The summed E-state index contributed by atoms with van der Waals surface area (Å²) in [5.41, 5.74) is 2.28. The van der Waals surface area contributed by atoms with Crippen molar-refractivity contribution in [3.8, 4) is 0 Å². The molecule has 1 atom stereocenters. The minimum atomic E-state index is -3.18. The Labute approximate surface area is 104 Å². The topological polar surface area (TPSA) is 46.2 Å². The number of rotatable bonds is 5. The first-order chi connectivity index (χ1) is 7.83. The van der Waals surface area contributed by atoms with E-state index in [1.807, 2.05) is 26.0 Å². The summed E-state index contributed by atoms with van der Waals surface area (Å²) in [6.07, 6.45) is 2.19. The first-order valence-electron chi connectivity index (χ1n) is 5.89. The molecule has 0 amide bonds. The lowest BCUT2D eigenvalue weighted by Crippen LogP contribution is -2.30. The van der Waals surface area contributed by atoms with Crippen molar-refractivity contribution in [1.29, 1.82) is 0 Å². The summed E-state index contributed by atoms with van der Waals surface area (Å²) in [6, 6.07) is 7.95. The summed E-state index contributed by atoms with van der Waals surface area (Å²) in [5.74, 6) is 0.220. The number of benzene rings is 1. The van der Waals surface area contributed by atoms with Gasteiger partial charge in [-0.25, -0.2) is 13.1 Å². The molecule has 0 aliphatic rings. The fourth-order valence-corrected chi connectivity index (χ4v) is 2.65. The van der Waals surface area contributed by atoms with Gasteiger partial charge in [0.1, 0.15) is 0 Å². The van der Waals surface area contributed by atoms with Crippen LogP contribution in [-0.2, 0) is 16.4 Å². The second kappa shape index (κ2) is 5.65. The molecule has 0 aromatic heterocycles. The Kier molecular flexibility index (Phi) is 4.71. The van der Waals surface area contributed by atoms with Gasteiger partial charge in [-0.1, -0.05) is 45.0 Å². The van der Waals surface area contributed by atoms with Crippen LogP contribution in [0.3, 0.4) is 0 Å². The Hall–Kier alpha value is -0.870. The third kappa shape index (κ3) is 4.48. The van der Waals surface area contributed by atoms with Gasteiger partial charge in [-0.05, 0) is 23.5 Å². The molecule has 3 nitrogen and oxygen atoms in total. The molecule has 0 aliphatic carbocycles. The molecule has 0 saturated heterocycles. The fourth-order valence-electron chi connectivity index (χ4n) is 1.78. The van der Waals surface area contributed by atoms with Crippen molar-refractivity contribution in [2.45, 2.75) is 33.2 Å². The summed E-state index contributed by atoms with van der Waals surface area (Å²) in [7, 11) is -3.18. The molecule has 0 aliphatic heterocycles. The molecule has 17 heavy (non-hydrogen) atoms. The quantitative estimate of drug-likeness (QED) is 0.878. The van der Waals surface area contributed by atoms with Crippen LogP contribution in [0.1, 0.15) is 37.9 Å². The van der Waals surface area contributed by atoms with Gasteiger partial charge < -0.3 is 0 Å². The van der Waals surface area contributed by atoms with Crippen molar-refractivity contribution in [1.82, 2.24) is 4.72 Å². The van der Waals surface area contributed by atoms with E-state index in [2.05, 4.69) is 23.8 Å². The lowest BCUT2D eigenvalue weighted by molar-refractivity contribution is 0.465. The molecule has 1 unspecified atom stereocenters. The highest BCUT2D eigenvalue weighted by atomic mass is 32.2. The lowest BCUT2D eigenvalue weighted by Gasteiger charge is -2.22. The number of aryl methyl sites for hydroxylation is 1. The van der Waals surface area contributed by atoms with E-state index in [9.17, 15) is 8.42 Å². The molecule has 0 spiro atoms. The molecule has 0 heterocycles. The number of nitrogens with one attached hydrogen (secondary N) is 1. The minimum Gasteiger partial charge on any atom is -0.213 e. The van der Waals surface area contributed by atoms with Gasteiger partial charge in [-0.3, -0.25) is 0 Å². The van der Waals surface area contributed by atoms with Crippen molar-refractivity contribution in [2.75, 3.05) is 6.26 Å². The Balaban J connectivity index is 2.97. The molecule has 0 radical (unpaired) electrons. The van der Waals surface area contributed by atoms with Crippen LogP contribution < -0.4 is 4.72 Å². The molecule has 1 aromatic rings. The smallest absolute Gasteiger partial charge is 0.209 e. The van der Waals surface area contributed by atoms with Crippen molar-refractivity contribution < 1.29 is 8.42 Å². The van der Waals surface area contributed by atoms with Crippen molar-refractivity contribution in [2.24, 2.45) is 5.92 Å². The van der Waals surface area contributed by atoms with E-state index in [4.69, 9.17) is 0 Å². The summed E-state index contributed by atoms with van der Waals surface area (Å²) >= 11 is 0. The standard InChI is InChI=1S/C13H21NO2S/c1-5-11-6-8-12(9-7-11)13(10(2)3)14-17(4,15)16/h6-10,13-14H,5H2,1-4H3. The summed E-state index contributed by atoms with van der Waals surface area (Å²) in [4.78, 5) is 0. The minimum absolute atomic E-state index is 0.157. The second-order valence-corrected chi connectivity index (χ2v) is 6.49. The third-order valence-corrected chi connectivity index (χ3v) is 3.44. The highest BCUT2D eigenvalue weighted by Crippen LogP contribution is 2.22. The van der Waals surface area contributed by atoms with Crippen LogP contribution in [-0.4, -0.2) is 14.7 Å². The molecule has 4 heteroatoms. The van der Waals surface area contributed by atoms with Gasteiger partial charge in [0.25, 0.3) is 0 Å². The van der Waals surface area contributed by atoms with Gasteiger partial charge in [0.05, 0.1) is 6.26 Å². The molecular formula is C13H21NO2S. The average molecular weight is 255 g/mol. The zero-order chi connectivity index (χ0) is 13.1. The Morgan fingerprint density at radius 1 is 1.18 bits per heavy atom. The van der Waals surface area contributed by atoms with Gasteiger partial charge in [0.2, 0.25) is 10.0 Å². The van der Waals surface area contributed by atoms with Crippen LogP contribution in [0, 0.1) is 5.92 Å².